The third-order valence-electron chi connectivity index (χ3n) is 4.02. The Morgan fingerprint density at radius 1 is 1.30 bits per heavy atom. The Morgan fingerprint density at radius 2 is 2.05 bits per heavy atom. The van der Waals surface area contributed by atoms with E-state index in [2.05, 4.69) is 4.90 Å². The monoisotopic (exact) mass is 279 g/mol. The highest BCUT2D eigenvalue weighted by molar-refractivity contribution is 5.29. The third-order valence-corrected chi connectivity index (χ3v) is 4.02. The van der Waals surface area contributed by atoms with Gasteiger partial charge in [-0.1, -0.05) is 12.1 Å². The lowest BCUT2D eigenvalue weighted by atomic mass is 9.97. The summed E-state index contributed by atoms with van der Waals surface area (Å²) in [6.07, 6.45) is 1.85. The highest BCUT2D eigenvalue weighted by Crippen LogP contribution is 2.23. The first-order valence-electron chi connectivity index (χ1n) is 7.26. The van der Waals surface area contributed by atoms with Crippen molar-refractivity contribution in [1.29, 1.82) is 0 Å². The highest BCUT2D eigenvalue weighted by atomic mass is 16.5. The fourth-order valence-electron chi connectivity index (χ4n) is 2.77. The van der Waals surface area contributed by atoms with Crippen molar-refractivity contribution in [2.24, 2.45) is 5.92 Å². The van der Waals surface area contributed by atoms with Crippen molar-refractivity contribution in [2.45, 2.75) is 18.9 Å². The van der Waals surface area contributed by atoms with Gasteiger partial charge in [0, 0.05) is 20.3 Å². The largest absolute Gasteiger partial charge is 0.497 e. The summed E-state index contributed by atoms with van der Waals surface area (Å²) in [6, 6.07) is 7.67. The summed E-state index contributed by atoms with van der Waals surface area (Å²) in [6.45, 7) is 3.61. The zero-order valence-electron chi connectivity index (χ0n) is 12.4. The number of piperidine rings is 1. The van der Waals surface area contributed by atoms with E-state index in [4.69, 9.17) is 9.47 Å². The number of aliphatic hydroxyl groups excluding tert-OH is 1. The molecule has 0 aromatic heterocycles. The molecule has 0 spiro atoms. The van der Waals surface area contributed by atoms with E-state index in [9.17, 15) is 5.11 Å². The quantitative estimate of drug-likeness (QED) is 0.866. The van der Waals surface area contributed by atoms with Gasteiger partial charge in [0.25, 0.3) is 0 Å². The zero-order valence-corrected chi connectivity index (χ0v) is 12.4. The van der Waals surface area contributed by atoms with Gasteiger partial charge in [0.2, 0.25) is 0 Å². The molecule has 0 amide bonds. The number of aliphatic hydroxyl groups is 1. The molecule has 1 saturated heterocycles. The van der Waals surface area contributed by atoms with Crippen molar-refractivity contribution in [2.75, 3.05) is 40.5 Å². The molecule has 1 unspecified atom stereocenters. The van der Waals surface area contributed by atoms with E-state index in [-0.39, 0.29) is 0 Å². The maximum Gasteiger partial charge on any atom is 0.119 e. The summed E-state index contributed by atoms with van der Waals surface area (Å²) in [5.74, 6) is 1.46. The van der Waals surface area contributed by atoms with Gasteiger partial charge >= 0.3 is 0 Å². The predicted molar refractivity (Wildman–Crippen MR) is 79.0 cm³/mol. The maximum absolute atomic E-state index is 10.3. The number of hydrogen-bond acceptors (Lipinski definition) is 4. The van der Waals surface area contributed by atoms with E-state index in [1.807, 2.05) is 24.3 Å². The second-order valence-corrected chi connectivity index (χ2v) is 5.49. The lowest BCUT2D eigenvalue weighted by Gasteiger charge is -2.32. The molecule has 1 aliphatic rings. The van der Waals surface area contributed by atoms with Crippen LogP contribution in [-0.4, -0.2) is 50.5 Å². The smallest absolute Gasteiger partial charge is 0.119 e. The average molecular weight is 279 g/mol. The van der Waals surface area contributed by atoms with Crippen LogP contribution in [0.25, 0.3) is 0 Å². The van der Waals surface area contributed by atoms with Crippen LogP contribution < -0.4 is 4.74 Å². The number of nitrogens with zero attached hydrogens (tertiary/aromatic N) is 1. The van der Waals surface area contributed by atoms with Crippen LogP contribution in [0, 0.1) is 5.92 Å². The molecule has 0 radical (unpaired) electrons. The summed E-state index contributed by atoms with van der Waals surface area (Å²) >= 11 is 0. The number of β-amino-alcohol motifs (C(OH)–C–C–N with tert-alkyl or cyclic N) is 1. The van der Waals surface area contributed by atoms with Crippen LogP contribution >= 0.6 is 0 Å². The molecular weight excluding hydrogens is 254 g/mol. The van der Waals surface area contributed by atoms with Gasteiger partial charge in [-0.2, -0.15) is 0 Å². The second-order valence-electron chi connectivity index (χ2n) is 5.49. The number of benzene rings is 1. The topological polar surface area (TPSA) is 41.9 Å². The van der Waals surface area contributed by atoms with Gasteiger partial charge in [-0.05, 0) is 49.5 Å². The zero-order chi connectivity index (χ0) is 14.4. The van der Waals surface area contributed by atoms with Crippen molar-refractivity contribution in [3.8, 4) is 5.75 Å². The Morgan fingerprint density at radius 3 is 2.70 bits per heavy atom. The van der Waals surface area contributed by atoms with Crippen molar-refractivity contribution in [3.63, 3.8) is 0 Å². The summed E-state index contributed by atoms with van der Waals surface area (Å²) < 4.78 is 10.4. The first-order valence-corrected chi connectivity index (χ1v) is 7.26. The standard InChI is InChI=1S/C16H25NO3/c1-19-12-13-6-8-17(9-7-13)11-16(18)14-4-3-5-15(10-14)20-2/h3-5,10,13,16,18H,6-9,11-12H2,1-2H3. The minimum atomic E-state index is -0.455. The molecule has 1 heterocycles. The highest BCUT2D eigenvalue weighted by Gasteiger charge is 2.21. The van der Waals surface area contributed by atoms with Gasteiger partial charge in [0.05, 0.1) is 13.2 Å². The second kappa shape index (κ2) is 7.62. The van der Waals surface area contributed by atoms with Crippen LogP contribution in [0.4, 0.5) is 0 Å². The molecule has 112 valence electrons. The van der Waals surface area contributed by atoms with Crippen molar-refractivity contribution >= 4 is 0 Å². The van der Waals surface area contributed by atoms with E-state index < -0.39 is 6.10 Å². The molecule has 0 aliphatic carbocycles. The van der Waals surface area contributed by atoms with Crippen LogP contribution in [0.5, 0.6) is 5.75 Å². The molecule has 20 heavy (non-hydrogen) atoms. The fourth-order valence-corrected chi connectivity index (χ4v) is 2.77. The van der Waals surface area contributed by atoms with Gasteiger partial charge < -0.3 is 19.5 Å². The molecule has 0 bridgehead atoms. The first-order chi connectivity index (χ1) is 9.72. The molecule has 1 aromatic rings. The van der Waals surface area contributed by atoms with E-state index in [1.165, 1.54) is 0 Å². The summed E-state index contributed by atoms with van der Waals surface area (Å²) in [4.78, 5) is 2.33. The molecule has 4 heteroatoms. The van der Waals surface area contributed by atoms with Crippen molar-refractivity contribution < 1.29 is 14.6 Å². The molecule has 4 nitrogen and oxygen atoms in total. The average Bonchev–Trinajstić information content (AvgIpc) is 2.49. The lowest BCUT2D eigenvalue weighted by Crippen LogP contribution is -2.37. The van der Waals surface area contributed by atoms with E-state index in [1.54, 1.807) is 14.2 Å². The molecule has 1 aliphatic heterocycles. The van der Waals surface area contributed by atoms with Crippen molar-refractivity contribution in [1.82, 2.24) is 4.90 Å². The van der Waals surface area contributed by atoms with E-state index in [0.717, 1.165) is 43.9 Å². The SMILES string of the molecule is COCC1CCN(CC(O)c2cccc(OC)c2)CC1. The lowest BCUT2D eigenvalue weighted by molar-refractivity contribution is 0.0656. The molecule has 1 atom stereocenters. The first kappa shape index (κ1) is 15.3. The fraction of sp³-hybridized carbons (Fsp3) is 0.625. The number of ether oxygens (including phenoxy) is 2. The molecule has 1 N–H and O–H groups in total. The Bertz CT molecular complexity index is 402. The number of methoxy groups -OCH3 is 2. The minimum absolute atomic E-state index is 0.455. The Labute approximate surface area is 121 Å². The molecule has 1 fully saturated rings. The van der Waals surface area contributed by atoms with Gasteiger partial charge in [-0.25, -0.2) is 0 Å². The molecular formula is C16H25NO3. The van der Waals surface area contributed by atoms with Crippen molar-refractivity contribution in [3.05, 3.63) is 29.8 Å². The summed E-state index contributed by atoms with van der Waals surface area (Å²) in [7, 11) is 3.41. The van der Waals surface area contributed by atoms with Crippen LogP contribution in [0.1, 0.15) is 24.5 Å². The minimum Gasteiger partial charge on any atom is -0.497 e. The van der Waals surface area contributed by atoms with E-state index in [0.29, 0.717) is 12.5 Å². The van der Waals surface area contributed by atoms with Crippen LogP contribution in [-0.2, 0) is 4.74 Å². The Balaban J connectivity index is 1.84. The maximum atomic E-state index is 10.3. The predicted octanol–water partition coefficient (Wildman–Crippen LogP) is 2.09. The Kier molecular flexibility index (Phi) is 5.83. The van der Waals surface area contributed by atoms with Crippen LogP contribution in [0.3, 0.4) is 0 Å². The number of likely N-dealkylation sites (tertiary alicyclic amines) is 1. The van der Waals surface area contributed by atoms with Crippen LogP contribution in [0.15, 0.2) is 24.3 Å². The molecule has 1 aromatic carbocycles. The molecule has 0 saturated carbocycles. The van der Waals surface area contributed by atoms with Gasteiger partial charge in [0.1, 0.15) is 5.75 Å². The van der Waals surface area contributed by atoms with Gasteiger partial charge in [-0.15, -0.1) is 0 Å². The number of rotatable bonds is 6. The van der Waals surface area contributed by atoms with E-state index >= 15 is 0 Å². The van der Waals surface area contributed by atoms with Crippen LogP contribution in [0.2, 0.25) is 0 Å². The Hall–Kier alpha value is -1.10. The normalized spacial score (nSPS) is 18.9. The van der Waals surface area contributed by atoms with Gasteiger partial charge in [-0.3, -0.25) is 0 Å². The molecule has 2 rings (SSSR count). The van der Waals surface area contributed by atoms with Gasteiger partial charge in [0.15, 0.2) is 0 Å². The third kappa shape index (κ3) is 4.20. The summed E-state index contributed by atoms with van der Waals surface area (Å²) in [5, 5.41) is 10.3. The number of hydrogen-bond donors (Lipinski definition) is 1. The summed E-state index contributed by atoms with van der Waals surface area (Å²) in [5.41, 5.74) is 0.920.